The van der Waals surface area contributed by atoms with Crippen LogP contribution in [0.25, 0.3) is 0 Å². The summed E-state index contributed by atoms with van der Waals surface area (Å²) in [6.07, 6.45) is 1.81. The summed E-state index contributed by atoms with van der Waals surface area (Å²) >= 11 is -2.16. The van der Waals surface area contributed by atoms with E-state index < -0.39 is 11.1 Å². The van der Waals surface area contributed by atoms with E-state index in [1.165, 1.54) is 0 Å². The van der Waals surface area contributed by atoms with Crippen molar-refractivity contribution in [3.05, 3.63) is 42.5 Å². The van der Waals surface area contributed by atoms with Crippen LogP contribution in [0.1, 0.15) is 19.4 Å². The molecule has 0 fully saturated rings. The molecule has 1 rings (SSSR count). The van der Waals surface area contributed by atoms with Crippen LogP contribution in [0.4, 0.5) is 0 Å². The van der Waals surface area contributed by atoms with Gasteiger partial charge in [0.25, 0.3) is 0 Å². The summed E-state index contributed by atoms with van der Waals surface area (Å²) in [5.74, 6) is 0. The van der Waals surface area contributed by atoms with E-state index in [1.54, 1.807) is 24.3 Å². The first-order chi connectivity index (χ1) is 6.47. The molecule has 1 unspecified atom stereocenters. The SMILES string of the molecule is C=CC(C)(C)c1cccc(S(=O)[O-])c1. The fourth-order valence-corrected chi connectivity index (χ4v) is 1.53. The maximum Gasteiger partial charge on any atom is 0.0251 e. The fraction of sp³-hybridized carbons (Fsp3) is 0.273. The van der Waals surface area contributed by atoms with E-state index in [9.17, 15) is 8.76 Å². The Morgan fingerprint density at radius 3 is 2.64 bits per heavy atom. The molecule has 0 spiro atoms. The number of benzene rings is 1. The van der Waals surface area contributed by atoms with Gasteiger partial charge in [0.2, 0.25) is 0 Å². The van der Waals surface area contributed by atoms with Crippen LogP contribution < -0.4 is 0 Å². The molecule has 2 nitrogen and oxygen atoms in total. The zero-order chi connectivity index (χ0) is 10.8. The Morgan fingerprint density at radius 2 is 2.14 bits per heavy atom. The molecule has 0 aliphatic heterocycles. The molecule has 0 aromatic heterocycles. The van der Waals surface area contributed by atoms with Crippen LogP contribution in [0, 0.1) is 0 Å². The lowest BCUT2D eigenvalue weighted by atomic mass is 9.85. The van der Waals surface area contributed by atoms with Crippen molar-refractivity contribution in [1.82, 2.24) is 0 Å². The standard InChI is InChI=1S/C11H14O2S/c1-4-11(2,3)9-6-5-7-10(8-9)14(12)13/h4-8H,1H2,2-3H3,(H,12,13)/p-1. The predicted octanol–water partition coefficient (Wildman–Crippen LogP) is 2.39. The van der Waals surface area contributed by atoms with Crippen LogP contribution in [0.15, 0.2) is 41.8 Å². The van der Waals surface area contributed by atoms with E-state index in [2.05, 4.69) is 6.58 Å². The summed E-state index contributed by atoms with van der Waals surface area (Å²) in [5.41, 5.74) is 0.754. The molecule has 0 radical (unpaired) electrons. The topological polar surface area (TPSA) is 40.1 Å². The summed E-state index contributed by atoms with van der Waals surface area (Å²) in [6.45, 7) is 7.72. The van der Waals surface area contributed by atoms with Gasteiger partial charge in [-0.15, -0.1) is 6.58 Å². The maximum absolute atomic E-state index is 10.7. The van der Waals surface area contributed by atoms with E-state index >= 15 is 0 Å². The van der Waals surface area contributed by atoms with E-state index in [0.717, 1.165) is 5.56 Å². The van der Waals surface area contributed by atoms with Gasteiger partial charge >= 0.3 is 0 Å². The van der Waals surface area contributed by atoms with Crippen molar-refractivity contribution in [2.75, 3.05) is 0 Å². The molecular formula is C11H13O2S-. The maximum atomic E-state index is 10.7. The summed E-state index contributed by atoms with van der Waals surface area (Å²) in [4.78, 5) is 0.317. The molecule has 1 aromatic carbocycles. The molecule has 0 heterocycles. The second-order valence-corrected chi connectivity index (χ2v) is 4.63. The van der Waals surface area contributed by atoms with Crippen LogP contribution in [-0.2, 0) is 16.5 Å². The Hall–Kier alpha value is -0.930. The van der Waals surface area contributed by atoms with E-state index in [4.69, 9.17) is 0 Å². The zero-order valence-corrected chi connectivity index (χ0v) is 9.14. The van der Waals surface area contributed by atoms with Gasteiger partial charge in [0.15, 0.2) is 0 Å². The van der Waals surface area contributed by atoms with Gasteiger partial charge in [0.05, 0.1) is 0 Å². The van der Waals surface area contributed by atoms with Crippen LogP contribution in [0.2, 0.25) is 0 Å². The van der Waals surface area contributed by atoms with E-state index in [0.29, 0.717) is 4.90 Å². The highest BCUT2D eigenvalue weighted by Crippen LogP contribution is 2.25. The third-order valence-electron chi connectivity index (χ3n) is 2.28. The predicted molar refractivity (Wildman–Crippen MR) is 56.9 cm³/mol. The molecule has 76 valence electrons. The van der Waals surface area contributed by atoms with Gasteiger partial charge in [-0.1, -0.05) is 32.1 Å². The second kappa shape index (κ2) is 4.07. The van der Waals surface area contributed by atoms with Crippen molar-refractivity contribution < 1.29 is 8.76 Å². The van der Waals surface area contributed by atoms with Crippen molar-refractivity contribution in [3.63, 3.8) is 0 Å². The second-order valence-electron chi connectivity index (χ2n) is 3.69. The van der Waals surface area contributed by atoms with Gasteiger partial charge < -0.3 is 4.55 Å². The van der Waals surface area contributed by atoms with Crippen LogP contribution >= 0.6 is 0 Å². The molecule has 0 aliphatic carbocycles. The first-order valence-corrected chi connectivity index (χ1v) is 5.38. The highest BCUT2D eigenvalue weighted by atomic mass is 32.2. The van der Waals surface area contributed by atoms with Gasteiger partial charge in [0, 0.05) is 10.3 Å². The Kier molecular flexibility index (Phi) is 3.24. The van der Waals surface area contributed by atoms with Crippen LogP contribution in [-0.4, -0.2) is 8.76 Å². The summed E-state index contributed by atoms with van der Waals surface area (Å²) in [7, 11) is 0. The zero-order valence-electron chi connectivity index (χ0n) is 8.32. The third-order valence-corrected chi connectivity index (χ3v) is 2.92. The first-order valence-electron chi connectivity index (χ1n) is 4.31. The fourth-order valence-electron chi connectivity index (χ4n) is 1.12. The molecule has 0 bridgehead atoms. The van der Waals surface area contributed by atoms with Crippen molar-refractivity contribution in [2.24, 2.45) is 0 Å². The number of hydrogen-bond donors (Lipinski definition) is 0. The lowest BCUT2D eigenvalue weighted by Crippen LogP contribution is -2.13. The molecular weight excluding hydrogens is 196 g/mol. The number of allylic oxidation sites excluding steroid dienone is 1. The number of hydrogen-bond acceptors (Lipinski definition) is 2. The smallest absolute Gasteiger partial charge is 0.0251 e. The average Bonchev–Trinajstić information content (AvgIpc) is 2.18. The molecule has 0 aliphatic rings. The van der Waals surface area contributed by atoms with E-state index in [1.807, 2.05) is 19.9 Å². The highest BCUT2D eigenvalue weighted by molar-refractivity contribution is 7.79. The van der Waals surface area contributed by atoms with Crippen molar-refractivity contribution in [2.45, 2.75) is 24.2 Å². The quantitative estimate of drug-likeness (QED) is 0.566. The molecule has 3 heteroatoms. The van der Waals surface area contributed by atoms with Gasteiger partial charge in [-0.05, 0) is 28.8 Å². The Balaban J connectivity index is 3.18. The summed E-state index contributed by atoms with van der Waals surface area (Å²) < 4.78 is 21.5. The summed E-state index contributed by atoms with van der Waals surface area (Å²) in [6, 6.07) is 6.89. The normalized spacial score (nSPS) is 13.6. The van der Waals surface area contributed by atoms with Crippen molar-refractivity contribution >= 4 is 11.1 Å². The van der Waals surface area contributed by atoms with Crippen LogP contribution in [0.3, 0.4) is 0 Å². The van der Waals surface area contributed by atoms with Gasteiger partial charge in [0.1, 0.15) is 0 Å². The average molecular weight is 209 g/mol. The lowest BCUT2D eigenvalue weighted by Gasteiger charge is -2.21. The molecule has 0 amide bonds. The monoisotopic (exact) mass is 209 g/mol. The molecule has 0 N–H and O–H groups in total. The van der Waals surface area contributed by atoms with E-state index in [-0.39, 0.29) is 5.41 Å². The summed E-state index contributed by atoms with van der Waals surface area (Å²) in [5, 5.41) is 0. The minimum Gasteiger partial charge on any atom is -0.768 e. The molecule has 1 atom stereocenters. The largest absolute Gasteiger partial charge is 0.768 e. The van der Waals surface area contributed by atoms with Crippen LogP contribution in [0.5, 0.6) is 0 Å². The van der Waals surface area contributed by atoms with Crippen molar-refractivity contribution in [3.8, 4) is 0 Å². The molecule has 1 aromatic rings. The highest BCUT2D eigenvalue weighted by Gasteiger charge is 2.15. The third kappa shape index (κ3) is 2.30. The lowest BCUT2D eigenvalue weighted by molar-refractivity contribution is 0.536. The Bertz CT molecular complexity index is 369. The minimum atomic E-state index is -2.16. The first kappa shape index (κ1) is 11.1. The molecule has 14 heavy (non-hydrogen) atoms. The van der Waals surface area contributed by atoms with Gasteiger partial charge in [-0.3, -0.25) is 4.21 Å². The minimum absolute atomic E-state index is 0.199. The number of rotatable bonds is 3. The molecule has 0 saturated heterocycles. The Morgan fingerprint density at radius 1 is 1.50 bits per heavy atom. The Labute approximate surface area is 86.9 Å². The van der Waals surface area contributed by atoms with Gasteiger partial charge in [-0.2, -0.15) is 0 Å². The molecule has 0 saturated carbocycles. The van der Waals surface area contributed by atoms with Gasteiger partial charge in [-0.25, -0.2) is 0 Å². The van der Waals surface area contributed by atoms with Crippen molar-refractivity contribution in [1.29, 1.82) is 0 Å².